The Morgan fingerprint density at radius 3 is 2.84 bits per heavy atom. The molecule has 0 fully saturated rings. The van der Waals surface area contributed by atoms with E-state index in [1.807, 2.05) is 44.2 Å². The van der Waals surface area contributed by atoms with Crippen LogP contribution in [0.15, 0.2) is 34.7 Å². The number of para-hydroxylation sites is 1. The van der Waals surface area contributed by atoms with Gasteiger partial charge in [0.05, 0.1) is 6.04 Å². The number of rotatable bonds is 5. The Hall–Kier alpha value is -1.81. The van der Waals surface area contributed by atoms with Crippen molar-refractivity contribution in [3.05, 3.63) is 36.1 Å². The summed E-state index contributed by atoms with van der Waals surface area (Å²) in [6, 6.07) is 9.69. The van der Waals surface area contributed by atoms with Gasteiger partial charge in [0, 0.05) is 19.0 Å². The molecule has 1 aromatic heterocycles. The normalized spacial score (nSPS) is 12.6. The smallest absolute Gasteiger partial charge is 0.248 e. The summed E-state index contributed by atoms with van der Waals surface area (Å²) in [7, 11) is 1.76. The molecule has 1 heterocycles. The first-order valence-corrected chi connectivity index (χ1v) is 6.45. The van der Waals surface area contributed by atoms with Gasteiger partial charge >= 0.3 is 0 Å². The van der Waals surface area contributed by atoms with Gasteiger partial charge < -0.3 is 14.1 Å². The van der Waals surface area contributed by atoms with Crippen molar-refractivity contribution in [1.29, 1.82) is 0 Å². The summed E-state index contributed by atoms with van der Waals surface area (Å²) in [5, 5.41) is 1.05. The third kappa shape index (κ3) is 2.96. The van der Waals surface area contributed by atoms with Crippen LogP contribution in [0.25, 0.3) is 11.0 Å². The maximum absolute atomic E-state index is 11.9. The first kappa shape index (κ1) is 13.6. The molecule has 1 atom stereocenters. The average molecular weight is 261 g/mol. The van der Waals surface area contributed by atoms with E-state index in [1.54, 1.807) is 11.9 Å². The maximum Gasteiger partial charge on any atom is 0.248 e. The van der Waals surface area contributed by atoms with Crippen LogP contribution in [0.5, 0.6) is 0 Å². The number of carbonyl (C=O) groups excluding carboxylic acids is 1. The quantitative estimate of drug-likeness (QED) is 0.831. The summed E-state index contributed by atoms with van der Waals surface area (Å²) in [4.78, 5) is 13.5. The number of fused-ring (bicyclic) bond motifs is 1. The lowest BCUT2D eigenvalue weighted by Crippen LogP contribution is -2.32. The van der Waals surface area contributed by atoms with Crippen molar-refractivity contribution < 1.29 is 13.9 Å². The third-order valence-electron chi connectivity index (χ3n) is 3.26. The molecule has 0 aliphatic rings. The lowest BCUT2D eigenvalue weighted by molar-refractivity contribution is -0.136. The summed E-state index contributed by atoms with van der Waals surface area (Å²) in [6.45, 7) is 4.47. The molecule has 0 N–H and O–H groups in total. The van der Waals surface area contributed by atoms with E-state index in [-0.39, 0.29) is 18.6 Å². The van der Waals surface area contributed by atoms with Crippen molar-refractivity contribution in [2.45, 2.75) is 19.9 Å². The number of ether oxygens (including phenoxy) is 1. The van der Waals surface area contributed by atoms with Gasteiger partial charge in [0.25, 0.3) is 0 Å². The lowest BCUT2D eigenvalue weighted by Gasteiger charge is -2.23. The second kappa shape index (κ2) is 5.89. The van der Waals surface area contributed by atoms with Crippen LogP contribution in [0.3, 0.4) is 0 Å². The Balaban J connectivity index is 2.14. The van der Waals surface area contributed by atoms with Gasteiger partial charge in [-0.3, -0.25) is 4.79 Å². The van der Waals surface area contributed by atoms with Crippen LogP contribution in [0, 0.1) is 0 Å². The van der Waals surface area contributed by atoms with Crippen LogP contribution in [0.2, 0.25) is 0 Å². The Kier molecular flexibility index (Phi) is 4.22. The topological polar surface area (TPSA) is 42.7 Å². The highest BCUT2D eigenvalue weighted by Gasteiger charge is 2.20. The summed E-state index contributed by atoms with van der Waals surface area (Å²) >= 11 is 0. The summed E-state index contributed by atoms with van der Waals surface area (Å²) < 4.78 is 10.9. The van der Waals surface area contributed by atoms with Crippen LogP contribution in [-0.4, -0.2) is 31.1 Å². The fourth-order valence-electron chi connectivity index (χ4n) is 1.91. The molecule has 4 heteroatoms. The van der Waals surface area contributed by atoms with Crippen molar-refractivity contribution in [2.24, 2.45) is 0 Å². The Labute approximate surface area is 112 Å². The standard InChI is InChI=1S/C15H19NO3/c1-4-18-10-15(17)16(3)11(2)14-9-12-7-5-6-8-13(12)19-14/h5-9,11H,4,10H2,1-3H3. The maximum atomic E-state index is 11.9. The number of benzene rings is 1. The van der Waals surface area contributed by atoms with E-state index >= 15 is 0 Å². The highest BCUT2D eigenvalue weighted by atomic mass is 16.5. The second-order valence-corrected chi connectivity index (χ2v) is 4.50. The molecule has 0 saturated heterocycles. The van der Waals surface area contributed by atoms with E-state index < -0.39 is 0 Å². The highest BCUT2D eigenvalue weighted by molar-refractivity contribution is 5.79. The van der Waals surface area contributed by atoms with E-state index in [1.165, 1.54) is 0 Å². The fourth-order valence-corrected chi connectivity index (χ4v) is 1.91. The molecule has 0 saturated carbocycles. The number of likely N-dealkylation sites (N-methyl/N-ethyl adjacent to an activating group) is 1. The number of furan rings is 1. The van der Waals surface area contributed by atoms with E-state index in [0.717, 1.165) is 16.7 Å². The molecule has 1 aromatic carbocycles. The molecule has 0 spiro atoms. The van der Waals surface area contributed by atoms with Crippen molar-refractivity contribution in [2.75, 3.05) is 20.3 Å². The van der Waals surface area contributed by atoms with Crippen LogP contribution < -0.4 is 0 Å². The van der Waals surface area contributed by atoms with Gasteiger partial charge in [0.1, 0.15) is 18.0 Å². The zero-order chi connectivity index (χ0) is 13.8. The molecule has 2 aromatic rings. The third-order valence-corrected chi connectivity index (χ3v) is 3.26. The molecule has 0 aliphatic heterocycles. The van der Waals surface area contributed by atoms with E-state index in [2.05, 4.69) is 0 Å². The zero-order valence-electron chi connectivity index (χ0n) is 11.6. The number of carbonyl (C=O) groups is 1. The first-order chi connectivity index (χ1) is 9.13. The molecular weight excluding hydrogens is 242 g/mol. The van der Waals surface area contributed by atoms with Crippen molar-refractivity contribution in [3.63, 3.8) is 0 Å². The van der Waals surface area contributed by atoms with Crippen LogP contribution in [0.1, 0.15) is 25.6 Å². The predicted octanol–water partition coefficient (Wildman–Crippen LogP) is 2.99. The van der Waals surface area contributed by atoms with Crippen LogP contribution in [-0.2, 0) is 9.53 Å². The molecule has 19 heavy (non-hydrogen) atoms. The molecule has 102 valence electrons. The molecule has 2 rings (SSSR count). The predicted molar refractivity (Wildman–Crippen MR) is 73.9 cm³/mol. The first-order valence-electron chi connectivity index (χ1n) is 6.45. The monoisotopic (exact) mass is 261 g/mol. The minimum absolute atomic E-state index is 0.0465. The largest absolute Gasteiger partial charge is 0.459 e. The van der Waals surface area contributed by atoms with Crippen molar-refractivity contribution in [3.8, 4) is 0 Å². The number of nitrogens with zero attached hydrogens (tertiary/aromatic N) is 1. The molecule has 1 amide bonds. The molecular formula is C15H19NO3. The number of hydrogen-bond donors (Lipinski definition) is 0. The second-order valence-electron chi connectivity index (χ2n) is 4.50. The van der Waals surface area contributed by atoms with Gasteiger partial charge in [-0.1, -0.05) is 18.2 Å². The van der Waals surface area contributed by atoms with E-state index in [9.17, 15) is 4.79 Å². The van der Waals surface area contributed by atoms with Gasteiger partial charge in [-0.15, -0.1) is 0 Å². The zero-order valence-corrected chi connectivity index (χ0v) is 11.6. The van der Waals surface area contributed by atoms with Crippen molar-refractivity contribution in [1.82, 2.24) is 4.90 Å². The Morgan fingerprint density at radius 1 is 1.42 bits per heavy atom. The lowest BCUT2D eigenvalue weighted by atomic mass is 10.2. The minimum atomic E-state index is -0.111. The fraction of sp³-hybridized carbons (Fsp3) is 0.400. The Bertz CT molecular complexity index is 528. The summed E-state index contributed by atoms with van der Waals surface area (Å²) in [5.41, 5.74) is 0.843. The summed E-state index contributed by atoms with van der Waals surface area (Å²) in [6.07, 6.45) is 0. The van der Waals surface area contributed by atoms with Gasteiger partial charge in [-0.25, -0.2) is 0 Å². The highest BCUT2D eigenvalue weighted by Crippen LogP contribution is 2.26. The molecule has 0 radical (unpaired) electrons. The summed E-state index contributed by atoms with van der Waals surface area (Å²) in [5.74, 6) is 0.739. The van der Waals surface area contributed by atoms with Crippen LogP contribution >= 0.6 is 0 Å². The average Bonchev–Trinajstić information content (AvgIpc) is 2.86. The van der Waals surface area contributed by atoms with E-state index in [4.69, 9.17) is 9.15 Å². The van der Waals surface area contributed by atoms with Gasteiger partial charge in [-0.05, 0) is 26.0 Å². The van der Waals surface area contributed by atoms with Crippen LogP contribution in [0.4, 0.5) is 0 Å². The Morgan fingerprint density at radius 2 is 2.16 bits per heavy atom. The van der Waals surface area contributed by atoms with Crippen molar-refractivity contribution >= 4 is 16.9 Å². The van der Waals surface area contributed by atoms with E-state index in [0.29, 0.717) is 6.61 Å². The van der Waals surface area contributed by atoms with Gasteiger partial charge in [-0.2, -0.15) is 0 Å². The SMILES string of the molecule is CCOCC(=O)N(C)C(C)c1cc2ccccc2o1. The molecule has 4 nitrogen and oxygen atoms in total. The number of amides is 1. The molecule has 1 unspecified atom stereocenters. The molecule has 0 bridgehead atoms. The molecule has 0 aliphatic carbocycles. The minimum Gasteiger partial charge on any atom is -0.459 e. The van der Waals surface area contributed by atoms with Gasteiger partial charge in [0.2, 0.25) is 5.91 Å². The van der Waals surface area contributed by atoms with Gasteiger partial charge in [0.15, 0.2) is 0 Å². The number of hydrogen-bond acceptors (Lipinski definition) is 3.